The predicted octanol–water partition coefficient (Wildman–Crippen LogP) is 2.69. The van der Waals surface area contributed by atoms with E-state index in [9.17, 15) is 24.6 Å². The average molecular weight is 577 g/mol. The minimum Gasteiger partial charge on any atom is -0.497 e. The van der Waals surface area contributed by atoms with Crippen molar-refractivity contribution in [1.29, 1.82) is 0 Å². The Hall–Kier alpha value is -3.73. The van der Waals surface area contributed by atoms with Crippen molar-refractivity contribution in [2.24, 2.45) is 5.92 Å². The van der Waals surface area contributed by atoms with Gasteiger partial charge in [0, 0.05) is 30.1 Å². The van der Waals surface area contributed by atoms with Crippen LogP contribution < -0.4 is 20.3 Å². The zero-order chi connectivity index (χ0) is 29.9. The fourth-order valence-corrected chi connectivity index (χ4v) is 6.26. The fraction of sp³-hybridized carbons (Fsp3) is 0.469. The summed E-state index contributed by atoms with van der Waals surface area (Å²) in [5, 5.41) is 27.7. The number of aliphatic hydroxyl groups is 2. The van der Waals surface area contributed by atoms with Crippen molar-refractivity contribution in [2.45, 2.75) is 63.3 Å². The van der Waals surface area contributed by atoms with Crippen LogP contribution in [0.5, 0.6) is 5.75 Å². The highest BCUT2D eigenvalue weighted by molar-refractivity contribution is 6.07. The number of rotatable bonds is 10. The van der Waals surface area contributed by atoms with Crippen LogP contribution in [0.4, 0.5) is 11.4 Å². The number of hydrogen-bond acceptors (Lipinski definition) is 7. The molecule has 3 aliphatic heterocycles. The van der Waals surface area contributed by atoms with E-state index in [0.29, 0.717) is 29.2 Å². The summed E-state index contributed by atoms with van der Waals surface area (Å²) in [5.41, 5.74) is 0.582. The van der Waals surface area contributed by atoms with Crippen LogP contribution in [0.15, 0.2) is 54.6 Å². The molecule has 10 nitrogen and oxygen atoms in total. The molecule has 2 aromatic rings. The highest BCUT2D eigenvalue weighted by Gasteiger charge is 2.52. The normalized spacial score (nSPS) is 24.3. The molecule has 2 fully saturated rings. The number of nitrogens with one attached hydrogen (secondary N) is 2. The Morgan fingerprint density at radius 1 is 1.21 bits per heavy atom. The fourth-order valence-electron chi connectivity index (χ4n) is 6.26. The molecule has 224 valence electrons. The molecule has 0 bridgehead atoms. The van der Waals surface area contributed by atoms with E-state index >= 15 is 0 Å². The van der Waals surface area contributed by atoms with Crippen LogP contribution in [0.3, 0.4) is 0 Å². The summed E-state index contributed by atoms with van der Waals surface area (Å²) >= 11 is 0. The Kier molecular flexibility index (Phi) is 8.96. The number of nitrogens with zero attached hydrogens (tertiary/aromatic N) is 2. The molecule has 5 rings (SSSR count). The second kappa shape index (κ2) is 12.6. The summed E-state index contributed by atoms with van der Waals surface area (Å²) in [4.78, 5) is 42.6. The molecule has 10 heteroatoms. The summed E-state index contributed by atoms with van der Waals surface area (Å²) in [6.45, 7) is 3.35. The van der Waals surface area contributed by atoms with Gasteiger partial charge in [-0.3, -0.25) is 14.4 Å². The van der Waals surface area contributed by atoms with Gasteiger partial charge in [0.15, 0.2) is 5.60 Å². The maximum absolute atomic E-state index is 14.0. The Balaban J connectivity index is 1.34. The molecule has 0 spiro atoms. The Bertz CT molecular complexity index is 1360. The van der Waals surface area contributed by atoms with Crippen molar-refractivity contribution in [3.63, 3.8) is 0 Å². The van der Waals surface area contributed by atoms with Crippen LogP contribution in [0.1, 0.15) is 50.2 Å². The standard InChI is InChI=1S/C32H40N4O6/c1-21(7-3-12-29(38)35-16-6-10-24(35)20-37)32(41)26-18-25(42-2)13-14-28(26)36(31(32)40)19-22-8-4-9-23(17-22)34-30(39)27-11-5-15-33-27/h3-4,7-9,13-14,17-18,21,24,27,33,37,41H,5-6,10-12,15-16,19-20H2,1-2H3,(H,34,39)/b7-3+/t21-,24-,27+,32+/m0/s1. The van der Waals surface area contributed by atoms with Gasteiger partial charge >= 0.3 is 0 Å². The number of ether oxygens (including phenoxy) is 1. The minimum atomic E-state index is -1.87. The van der Waals surface area contributed by atoms with Crippen LogP contribution in [0, 0.1) is 5.92 Å². The van der Waals surface area contributed by atoms with Gasteiger partial charge in [-0.05, 0) is 68.1 Å². The van der Waals surface area contributed by atoms with Gasteiger partial charge in [-0.1, -0.05) is 31.2 Å². The number of anilines is 2. The van der Waals surface area contributed by atoms with Gasteiger partial charge in [0.2, 0.25) is 11.8 Å². The summed E-state index contributed by atoms with van der Waals surface area (Å²) in [5.74, 6) is -0.768. The van der Waals surface area contributed by atoms with Crippen molar-refractivity contribution >= 4 is 29.1 Å². The largest absolute Gasteiger partial charge is 0.497 e. The van der Waals surface area contributed by atoms with Crippen LogP contribution in [0.25, 0.3) is 0 Å². The minimum absolute atomic E-state index is 0.0540. The SMILES string of the molecule is COc1ccc2c(c1)[C@](O)([C@@H](C)/C=C/CC(=O)N1CCC[C@H]1CO)C(=O)N2Cc1cccc(NC(=O)[C@H]2CCCN2)c1. The molecule has 4 atom stereocenters. The molecular weight excluding hydrogens is 536 g/mol. The van der Waals surface area contributed by atoms with Crippen molar-refractivity contribution in [3.8, 4) is 5.75 Å². The van der Waals surface area contributed by atoms with E-state index in [4.69, 9.17) is 4.74 Å². The zero-order valence-corrected chi connectivity index (χ0v) is 24.2. The van der Waals surface area contributed by atoms with Crippen LogP contribution in [-0.4, -0.2) is 71.7 Å². The number of fused-ring (bicyclic) bond motifs is 1. The van der Waals surface area contributed by atoms with Gasteiger partial charge in [-0.2, -0.15) is 0 Å². The summed E-state index contributed by atoms with van der Waals surface area (Å²) in [6, 6.07) is 12.2. The third-order valence-corrected chi connectivity index (χ3v) is 8.67. The lowest BCUT2D eigenvalue weighted by Gasteiger charge is -2.28. The third-order valence-electron chi connectivity index (χ3n) is 8.67. The molecule has 0 saturated carbocycles. The third kappa shape index (κ3) is 5.79. The molecule has 3 amide bonds. The molecule has 2 saturated heterocycles. The monoisotopic (exact) mass is 576 g/mol. The van der Waals surface area contributed by atoms with Crippen molar-refractivity contribution in [2.75, 3.05) is 37.0 Å². The lowest BCUT2D eigenvalue weighted by atomic mass is 9.83. The molecule has 0 radical (unpaired) electrons. The number of amides is 3. The van der Waals surface area contributed by atoms with Gasteiger partial charge in [-0.25, -0.2) is 0 Å². The molecule has 0 unspecified atom stereocenters. The van der Waals surface area contributed by atoms with E-state index in [1.165, 1.54) is 7.11 Å². The first kappa shape index (κ1) is 29.8. The van der Waals surface area contributed by atoms with E-state index in [1.807, 2.05) is 24.3 Å². The molecule has 2 aromatic carbocycles. The van der Waals surface area contributed by atoms with Gasteiger partial charge in [0.05, 0.1) is 38.0 Å². The highest BCUT2D eigenvalue weighted by atomic mass is 16.5. The van der Waals surface area contributed by atoms with E-state index in [0.717, 1.165) is 37.8 Å². The number of benzene rings is 2. The lowest BCUT2D eigenvalue weighted by molar-refractivity contribution is -0.139. The molecule has 3 aliphatic rings. The topological polar surface area (TPSA) is 131 Å². The maximum atomic E-state index is 14.0. The average Bonchev–Trinajstić information content (AvgIpc) is 3.75. The summed E-state index contributed by atoms with van der Waals surface area (Å²) in [6.07, 6.45) is 6.95. The van der Waals surface area contributed by atoms with Crippen LogP contribution in [0.2, 0.25) is 0 Å². The molecule has 42 heavy (non-hydrogen) atoms. The number of likely N-dealkylation sites (tertiary alicyclic amines) is 1. The van der Waals surface area contributed by atoms with Crippen molar-refractivity contribution in [1.82, 2.24) is 10.2 Å². The first-order valence-corrected chi connectivity index (χ1v) is 14.7. The summed E-state index contributed by atoms with van der Waals surface area (Å²) in [7, 11) is 1.53. The number of carbonyl (C=O) groups is 3. The van der Waals surface area contributed by atoms with Crippen LogP contribution in [-0.2, 0) is 26.5 Å². The first-order chi connectivity index (χ1) is 20.3. The van der Waals surface area contributed by atoms with E-state index in [2.05, 4.69) is 10.6 Å². The predicted molar refractivity (Wildman–Crippen MR) is 159 cm³/mol. The molecule has 3 heterocycles. The second-order valence-electron chi connectivity index (χ2n) is 11.4. The maximum Gasteiger partial charge on any atom is 0.264 e. The number of methoxy groups -OCH3 is 1. The zero-order valence-electron chi connectivity index (χ0n) is 24.2. The highest BCUT2D eigenvalue weighted by Crippen LogP contribution is 2.47. The van der Waals surface area contributed by atoms with E-state index in [1.54, 1.807) is 47.1 Å². The Labute approximate surface area is 246 Å². The number of hydrogen-bond donors (Lipinski definition) is 4. The van der Waals surface area contributed by atoms with Gasteiger partial charge in [0.25, 0.3) is 5.91 Å². The number of carbonyl (C=O) groups excluding carboxylic acids is 3. The molecule has 0 aromatic heterocycles. The molecular formula is C32H40N4O6. The van der Waals surface area contributed by atoms with Crippen molar-refractivity contribution < 1.29 is 29.3 Å². The molecule has 4 N–H and O–H groups in total. The van der Waals surface area contributed by atoms with Gasteiger partial charge in [0.1, 0.15) is 5.75 Å². The van der Waals surface area contributed by atoms with Gasteiger partial charge < -0.3 is 35.4 Å². The van der Waals surface area contributed by atoms with Gasteiger partial charge in [-0.15, -0.1) is 0 Å². The quantitative estimate of drug-likeness (QED) is 0.320. The van der Waals surface area contributed by atoms with Crippen LogP contribution >= 0.6 is 0 Å². The Morgan fingerprint density at radius 3 is 2.79 bits per heavy atom. The van der Waals surface area contributed by atoms with E-state index < -0.39 is 17.4 Å². The second-order valence-corrected chi connectivity index (χ2v) is 11.4. The van der Waals surface area contributed by atoms with E-state index in [-0.39, 0.29) is 43.5 Å². The van der Waals surface area contributed by atoms with Crippen molar-refractivity contribution in [3.05, 3.63) is 65.7 Å². The summed E-state index contributed by atoms with van der Waals surface area (Å²) < 4.78 is 5.41. The lowest BCUT2D eigenvalue weighted by Crippen LogP contribution is -2.44. The Morgan fingerprint density at radius 2 is 2.05 bits per heavy atom. The number of aliphatic hydroxyl groups excluding tert-OH is 1. The molecule has 0 aliphatic carbocycles. The first-order valence-electron chi connectivity index (χ1n) is 14.7. The smallest absolute Gasteiger partial charge is 0.264 e.